The zero-order valence-corrected chi connectivity index (χ0v) is 48.2. The summed E-state index contributed by atoms with van der Waals surface area (Å²) in [5, 5.41) is 13.9. The van der Waals surface area contributed by atoms with E-state index in [9.17, 15) is 19.4 Å². The van der Waals surface area contributed by atoms with Crippen LogP contribution in [0.1, 0.15) is 245 Å². The van der Waals surface area contributed by atoms with Crippen molar-refractivity contribution in [3.63, 3.8) is 0 Å². The molecule has 0 aromatic heterocycles. The Kier molecular flexibility index (Phi) is 51.3. The second-order valence-electron chi connectivity index (χ2n) is 20.9. The molecule has 0 aliphatic carbocycles. The van der Waals surface area contributed by atoms with Gasteiger partial charge in [-0.25, -0.2) is 0 Å². The molecule has 0 bridgehead atoms. The number of nitrogens with zero attached hydrogens (tertiary/aromatic N) is 1. The third-order valence-corrected chi connectivity index (χ3v) is 13.7. The largest absolute Gasteiger partial charge is 0.756 e. The highest BCUT2D eigenvalue weighted by atomic mass is 31.2. The second kappa shape index (κ2) is 53.3. The van der Waals surface area contributed by atoms with Gasteiger partial charge < -0.3 is 28.8 Å². The van der Waals surface area contributed by atoms with E-state index in [0.717, 1.165) is 77.0 Å². The molecule has 0 heterocycles. The fourth-order valence-electron chi connectivity index (χ4n) is 8.15. The molecule has 3 atom stereocenters. The lowest BCUT2D eigenvalue weighted by Crippen LogP contribution is -2.45. The fraction of sp³-hybridized carbons (Fsp3) is 0.730. The molecule has 0 aromatic carbocycles. The normalized spacial score (nSPS) is 14.6. The number of carbonyl (C=O) groups excluding carboxylic acids is 1. The first-order valence-corrected chi connectivity index (χ1v) is 31.1. The Morgan fingerprint density at radius 3 is 1.29 bits per heavy atom. The number of likely N-dealkylation sites (N-methyl/N-ethyl adjacent to an activating group) is 1. The van der Waals surface area contributed by atoms with Crippen LogP contribution in [0, 0.1) is 0 Å². The van der Waals surface area contributed by atoms with E-state index in [1.165, 1.54) is 148 Å². The highest BCUT2D eigenvalue weighted by molar-refractivity contribution is 7.45. The first-order valence-electron chi connectivity index (χ1n) is 29.6. The zero-order chi connectivity index (χ0) is 52.7. The number of aliphatic hydroxyl groups is 1. The molecule has 0 spiro atoms. The average Bonchev–Trinajstić information content (AvgIpc) is 3.34. The summed E-state index contributed by atoms with van der Waals surface area (Å²) in [6.07, 6.45) is 76.3. The van der Waals surface area contributed by atoms with Gasteiger partial charge in [0.1, 0.15) is 13.2 Å². The van der Waals surface area contributed by atoms with E-state index in [2.05, 4.69) is 104 Å². The Labute approximate surface area is 445 Å². The number of rotatable bonds is 53. The molecule has 72 heavy (non-hydrogen) atoms. The minimum absolute atomic E-state index is 0.0138. The highest BCUT2D eigenvalue weighted by Crippen LogP contribution is 2.38. The summed E-state index contributed by atoms with van der Waals surface area (Å²) in [6.45, 7) is 4.51. The summed E-state index contributed by atoms with van der Waals surface area (Å²) in [5.41, 5.74) is 0. The molecule has 0 rings (SSSR count). The van der Waals surface area contributed by atoms with Crippen LogP contribution in [-0.2, 0) is 18.4 Å². The van der Waals surface area contributed by atoms with Gasteiger partial charge in [-0.05, 0) is 89.9 Å². The summed E-state index contributed by atoms with van der Waals surface area (Å²) in [6, 6.07) is -0.918. The first kappa shape index (κ1) is 69.4. The number of hydrogen-bond donors (Lipinski definition) is 2. The molecular weight excluding hydrogens is 912 g/mol. The molecule has 0 fully saturated rings. The molecule has 0 saturated heterocycles. The maximum Gasteiger partial charge on any atom is 0.268 e. The van der Waals surface area contributed by atoms with Crippen LogP contribution in [0.2, 0.25) is 0 Å². The first-order chi connectivity index (χ1) is 35.0. The van der Waals surface area contributed by atoms with Crippen LogP contribution < -0.4 is 10.2 Å². The predicted molar refractivity (Wildman–Crippen MR) is 311 cm³/mol. The number of allylic oxidation sites excluding steroid dienone is 15. The highest BCUT2D eigenvalue weighted by Gasteiger charge is 2.23. The van der Waals surface area contributed by atoms with Gasteiger partial charge in [-0.1, -0.05) is 246 Å². The molecule has 2 N–H and O–H groups in total. The molecule has 3 unspecified atom stereocenters. The van der Waals surface area contributed by atoms with E-state index < -0.39 is 26.6 Å². The van der Waals surface area contributed by atoms with E-state index in [1.807, 2.05) is 27.2 Å². The van der Waals surface area contributed by atoms with Crippen LogP contribution >= 0.6 is 7.82 Å². The Morgan fingerprint density at radius 2 is 0.861 bits per heavy atom. The molecule has 0 saturated carbocycles. The van der Waals surface area contributed by atoms with Crippen molar-refractivity contribution in [1.29, 1.82) is 0 Å². The van der Waals surface area contributed by atoms with Gasteiger partial charge in [-0.2, -0.15) is 0 Å². The van der Waals surface area contributed by atoms with Gasteiger partial charge in [-0.15, -0.1) is 0 Å². The van der Waals surface area contributed by atoms with Crippen molar-refractivity contribution >= 4 is 13.7 Å². The van der Waals surface area contributed by atoms with E-state index in [4.69, 9.17) is 9.05 Å². The fourth-order valence-corrected chi connectivity index (χ4v) is 8.88. The number of carbonyl (C=O) groups is 1. The monoisotopic (exact) mass is 1020 g/mol. The Balaban J connectivity index is 4.29. The number of quaternary nitrogens is 1. The van der Waals surface area contributed by atoms with Gasteiger partial charge in [0.05, 0.1) is 39.9 Å². The summed E-state index contributed by atoms with van der Waals surface area (Å²) in [5.74, 6) is -0.217. The van der Waals surface area contributed by atoms with Crippen molar-refractivity contribution in [2.45, 2.75) is 257 Å². The van der Waals surface area contributed by atoms with Gasteiger partial charge in [0.2, 0.25) is 5.91 Å². The standard InChI is InChI=1S/C63H113N2O6P/c1-6-8-10-12-14-16-18-20-22-24-26-28-30-31-32-33-35-37-39-41-43-45-47-49-51-53-55-57-63(67)64-61(60-71-72(68,69)70-59-58-65(3,4)5)62(66)56-54-52-50-48-46-44-42-40-38-36-34-29-27-25-23-21-19-17-15-13-11-9-7-2/h8,10,14,16,20,22,26,28,31-32,38,40,46,48,54,56,61-62,66H,6-7,9,11-13,15,17-19,21,23-25,27,29-30,33-37,39,41-45,47,49-53,55,57-60H2,1-5H3,(H-,64,67,68,69)/b10-8-,16-14-,22-20-,28-26-,32-31-,40-38+,48-46+,56-54+. The van der Waals surface area contributed by atoms with E-state index in [0.29, 0.717) is 17.4 Å². The minimum atomic E-state index is -4.62. The van der Waals surface area contributed by atoms with Crippen LogP contribution in [0.3, 0.4) is 0 Å². The number of nitrogens with one attached hydrogen (secondary N) is 1. The van der Waals surface area contributed by atoms with E-state index in [1.54, 1.807) is 6.08 Å². The van der Waals surface area contributed by atoms with Gasteiger partial charge in [-0.3, -0.25) is 9.36 Å². The van der Waals surface area contributed by atoms with Crippen molar-refractivity contribution in [2.24, 2.45) is 0 Å². The lowest BCUT2D eigenvalue weighted by molar-refractivity contribution is -0.870. The maximum absolute atomic E-state index is 13.0. The van der Waals surface area contributed by atoms with E-state index in [-0.39, 0.29) is 12.5 Å². The third kappa shape index (κ3) is 55.2. The quantitative estimate of drug-likeness (QED) is 0.0272. The number of phosphoric acid groups is 1. The number of unbranched alkanes of at least 4 members (excludes halogenated alkanes) is 26. The number of hydrogen-bond acceptors (Lipinski definition) is 6. The van der Waals surface area contributed by atoms with Crippen molar-refractivity contribution in [3.05, 3.63) is 97.2 Å². The molecular formula is C63H113N2O6P. The Bertz CT molecular complexity index is 1490. The second-order valence-corrected chi connectivity index (χ2v) is 22.4. The van der Waals surface area contributed by atoms with Gasteiger partial charge in [0, 0.05) is 6.42 Å². The molecule has 0 aliphatic heterocycles. The van der Waals surface area contributed by atoms with Crippen LogP contribution in [0.4, 0.5) is 0 Å². The third-order valence-electron chi connectivity index (χ3n) is 12.8. The summed E-state index contributed by atoms with van der Waals surface area (Å²) in [4.78, 5) is 25.5. The number of phosphoric ester groups is 1. The molecule has 0 radical (unpaired) electrons. The summed E-state index contributed by atoms with van der Waals surface area (Å²) < 4.78 is 23.3. The Morgan fingerprint density at radius 1 is 0.500 bits per heavy atom. The lowest BCUT2D eigenvalue weighted by atomic mass is 10.0. The number of amides is 1. The topological polar surface area (TPSA) is 108 Å². The molecule has 416 valence electrons. The van der Waals surface area contributed by atoms with Crippen LogP contribution in [0.15, 0.2) is 97.2 Å². The van der Waals surface area contributed by atoms with Crippen molar-refractivity contribution < 1.29 is 32.9 Å². The maximum atomic E-state index is 13.0. The zero-order valence-electron chi connectivity index (χ0n) is 47.4. The summed E-state index contributed by atoms with van der Waals surface area (Å²) >= 11 is 0. The van der Waals surface area contributed by atoms with Gasteiger partial charge in [0.25, 0.3) is 7.82 Å². The molecule has 0 aromatic rings. The van der Waals surface area contributed by atoms with Gasteiger partial charge in [0.15, 0.2) is 0 Å². The smallest absolute Gasteiger partial charge is 0.268 e. The molecule has 9 heteroatoms. The van der Waals surface area contributed by atoms with Crippen LogP contribution in [0.25, 0.3) is 0 Å². The van der Waals surface area contributed by atoms with Crippen LogP contribution in [-0.4, -0.2) is 68.5 Å². The van der Waals surface area contributed by atoms with Crippen molar-refractivity contribution in [2.75, 3.05) is 40.9 Å². The van der Waals surface area contributed by atoms with Gasteiger partial charge >= 0.3 is 0 Å². The molecule has 0 aliphatic rings. The minimum Gasteiger partial charge on any atom is -0.756 e. The summed E-state index contributed by atoms with van der Waals surface area (Å²) in [7, 11) is 1.22. The molecule has 8 nitrogen and oxygen atoms in total. The lowest BCUT2D eigenvalue weighted by Gasteiger charge is -2.29. The van der Waals surface area contributed by atoms with E-state index >= 15 is 0 Å². The predicted octanol–water partition coefficient (Wildman–Crippen LogP) is 17.6. The number of aliphatic hydroxyl groups excluding tert-OH is 1. The van der Waals surface area contributed by atoms with Crippen LogP contribution in [0.5, 0.6) is 0 Å². The Hall–Kier alpha value is -2.58. The van der Waals surface area contributed by atoms with Crippen molar-refractivity contribution in [1.82, 2.24) is 5.32 Å². The molecule has 1 amide bonds. The average molecular weight is 1030 g/mol. The van der Waals surface area contributed by atoms with Crippen molar-refractivity contribution in [3.8, 4) is 0 Å². The SMILES string of the molecule is CC/C=C\C/C=C\C/C=C\C/C=C\C/C=C\CCCCCCCCCCCCCC(=O)NC(COP(=O)([O-])OCC[N+](C)(C)C)C(O)/C=C/CC/C=C/CC/C=C/CCCCCCCCCCCCCCC.